The lowest BCUT2D eigenvalue weighted by molar-refractivity contribution is -0.150. The van der Waals surface area contributed by atoms with E-state index in [0.29, 0.717) is 5.57 Å². The standard InChI is InChI=1S/C19H18N6O8S2/c1-24-19(21-14(27)15(28)22-24)35-7-8-6-34-17-11(16(29)25(17)12(8)18(30)31)20-13(26)10(23-32-2)9-4-3-5-33-9/h3-5,11,17H,6-7H2,1-2H3,(H,20,26)(H,22,28)(H,30,31)/b23-10+. The summed E-state index contributed by atoms with van der Waals surface area (Å²) in [6.45, 7) is 0. The zero-order valence-electron chi connectivity index (χ0n) is 18.2. The van der Waals surface area contributed by atoms with E-state index >= 15 is 0 Å². The number of hydrogen-bond acceptors (Lipinski definition) is 11. The molecule has 184 valence electrons. The number of furan rings is 1. The van der Waals surface area contributed by atoms with Crippen LogP contribution >= 0.6 is 23.5 Å². The largest absolute Gasteiger partial charge is 0.477 e. The Balaban J connectivity index is 1.51. The third-order valence-electron chi connectivity index (χ3n) is 5.01. The van der Waals surface area contributed by atoms with Crippen molar-refractivity contribution in [3.63, 3.8) is 0 Å². The lowest BCUT2D eigenvalue weighted by Gasteiger charge is -2.49. The molecule has 0 bridgehead atoms. The number of nitrogens with one attached hydrogen (secondary N) is 2. The van der Waals surface area contributed by atoms with Gasteiger partial charge in [-0.05, 0) is 17.7 Å². The van der Waals surface area contributed by atoms with E-state index in [4.69, 9.17) is 9.25 Å². The van der Waals surface area contributed by atoms with E-state index in [2.05, 4.69) is 20.6 Å². The van der Waals surface area contributed by atoms with E-state index in [1.165, 1.54) is 42.9 Å². The highest BCUT2D eigenvalue weighted by Gasteiger charge is 2.54. The van der Waals surface area contributed by atoms with Gasteiger partial charge in [0.2, 0.25) is 5.71 Å². The predicted octanol–water partition coefficient (Wildman–Crippen LogP) is -1.06. The Labute approximate surface area is 204 Å². The first-order chi connectivity index (χ1) is 16.7. The van der Waals surface area contributed by atoms with E-state index in [1.807, 2.05) is 0 Å². The number of aryl methyl sites for hydroxylation is 1. The second-order valence-electron chi connectivity index (χ2n) is 7.21. The number of carboxylic acids is 1. The Hall–Kier alpha value is -3.79. The van der Waals surface area contributed by atoms with E-state index < -0.39 is 40.3 Å². The topological polar surface area (TPSA) is 189 Å². The Morgan fingerprint density at radius 2 is 2.20 bits per heavy atom. The van der Waals surface area contributed by atoms with Crippen LogP contribution in [-0.2, 0) is 26.3 Å². The van der Waals surface area contributed by atoms with E-state index in [1.54, 1.807) is 6.07 Å². The number of aromatic nitrogens is 3. The van der Waals surface area contributed by atoms with Gasteiger partial charge in [-0.1, -0.05) is 16.9 Å². The van der Waals surface area contributed by atoms with Crippen molar-refractivity contribution in [3.05, 3.63) is 56.1 Å². The number of thioether (sulfide) groups is 2. The third kappa shape index (κ3) is 4.61. The van der Waals surface area contributed by atoms with Crippen LogP contribution < -0.4 is 16.4 Å². The average Bonchev–Trinajstić information content (AvgIpc) is 3.36. The van der Waals surface area contributed by atoms with Gasteiger partial charge in [-0.2, -0.15) is 4.98 Å². The highest BCUT2D eigenvalue weighted by atomic mass is 32.2. The van der Waals surface area contributed by atoms with Crippen LogP contribution in [0.5, 0.6) is 0 Å². The molecule has 2 aliphatic heterocycles. The number of hydrogen-bond donors (Lipinski definition) is 3. The molecule has 2 unspecified atom stereocenters. The second-order valence-corrected chi connectivity index (χ2v) is 9.25. The summed E-state index contributed by atoms with van der Waals surface area (Å²) in [4.78, 5) is 70.0. The lowest BCUT2D eigenvalue weighted by Crippen LogP contribution is -2.71. The van der Waals surface area contributed by atoms with Crippen LogP contribution in [0.15, 0.2) is 54.0 Å². The Bertz CT molecular complexity index is 1360. The molecule has 3 N–H and O–H groups in total. The fourth-order valence-corrected chi connectivity index (χ4v) is 5.85. The number of β-lactam (4-membered cyclic amide) rings is 1. The van der Waals surface area contributed by atoms with Gasteiger partial charge in [-0.25, -0.2) is 4.79 Å². The fraction of sp³-hybridized carbons (Fsp3) is 0.316. The van der Waals surface area contributed by atoms with Gasteiger partial charge < -0.3 is 19.7 Å². The van der Waals surface area contributed by atoms with E-state index in [9.17, 15) is 29.1 Å². The van der Waals surface area contributed by atoms with Gasteiger partial charge in [-0.3, -0.25) is 33.9 Å². The number of carbonyl (C=O) groups is 3. The van der Waals surface area contributed by atoms with Gasteiger partial charge in [0.1, 0.15) is 24.2 Å². The summed E-state index contributed by atoms with van der Waals surface area (Å²) in [5.74, 6) is -2.11. The first-order valence-corrected chi connectivity index (χ1v) is 11.9. The number of amides is 2. The van der Waals surface area contributed by atoms with Gasteiger partial charge in [0.25, 0.3) is 11.8 Å². The summed E-state index contributed by atoms with van der Waals surface area (Å²) < 4.78 is 6.44. The third-order valence-corrected chi connectivity index (χ3v) is 7.47. The van der Waals surface area contributed by atoms with Crippen molar-refractivity contribution in [2.75, 3.05) is 18.6 Å². The quantitative estimate of drug-likeness (QED) is 0.126. The molecule has 2 atom stereocenters. The highest BCUT2D eigenvalue weighted by molar-refractivity contribution is 8.01. The molecule has 4 heterocycles. The summed E-state index contributed by atoms with van der Waals surface area (Å²) >= 11 is 2.32. The Morgan fingerprint density at radius 1 is 1.43 bits per heavy atom. The van der Waals surface area contributed by atoms with E-state index in [0.717, 1.165) is 16.7 Å². The highest BCUT2D eigenvalue weighted by Crippen LogP contribution is 2.41. The maximum absolute atomic E-state index is 12.9. The number of fused-ring (bicyclic) bond motifs is 1. The van der Waals surface area contributed by atoms with Crippen molar-refractivity contribution >= 4 is 47.0 Å². The monoisotopic (exact) mass is 522 g/mol. The minimum absolute atomic E-state index is 0.109. The summed E-state index contributed by atoms with van der Waals surface area (Å²) in [6.07, 6.45) is 1.35. The van der Waals surface area contributed by atoms with Crippen LogP contribution in [0, 0.1) is 0 Å². The van der Waals surface area contributed by atoms with Crippen molar-refractivity contribution in [1.29, 1.82) is 0 Å². The molecule has 2 amide bonds. The molecule has 16 heteroatoms. The van der Waals surface area contributed by atoms with Crippen LogP contribution in [0.2, 0.25) is 0 Å². The summed E-state index contributed by atoms with van der Waals surface area (Å²) in [5, 5.41) is 17.9. The Kier molecular flexibility index (Phi) is 6.83. The number of rotatable bonds is 8. The number of carbonyl (C=O) groups excluding carboxylic acids is 2. The predicted molar refractivity (Wildman–Crippen MR) is 123 cm³/mol. The molecule has 35 heavy (non-hydrogen) atoms. The molecule has 2 aliphatic rings. The van der Waals surface area contributed by atoms with Crippen LogP contribution in [0.1, 0.15) is 5.76 Å². The van der Waals surface area contributed by atoms with E-state index in [-0.39, 0.29) is 33.8 Å². The zero-order chi connectivity index (χ0) is 25.3. The van der Waals surface area contributed by atoms with Crippen LogP contribution in [0.4, 0.5) is 0 Å². The normalized spacial score (nSPS) is 19.8. The lowest BCUT2D eigenvalue weighted by atomic mass is 10.0. The van der Waals surface area contributed by atoms with Gasteiger partial charge in [0.15, 0.2) is 10.9 Å². The SMILES string of the molecule is CO/N=C(/C(=O)NC1C(=O)N2C(C(=O)O)=C(CSc3nc(=O)c(=O)[nH]n3C)CSC12)c1ccco1. The van der Waals surface area contributed by atoms with Crippen LogP contribution in [-0.4, -0.2) is 78.3 Å². The molecule has 0 aliphatic carbocycles. The first-order valence-electron chi connectivity index (χ1n) is 9.89. The number of H-pyrrole nitrogens is 1. The molecular formula is C19H18N6O8S2. The molecule has 0 saturated carbocycles. The minimum atomic E-state index is -1.30. The van der Waals surface area contributed by atoms with Gasteiger partial charge in [-0.15, -0.1) is 11.8 Å². The van der Waals surface area contributed by atoms with Crippen molar-refractivity contribution < 1.29 is 28.7 Å². The first kappa shape index (κ1) is 24.3. The van der Waals surface area contributed by atoms with Crippen LogP contribution in [0.3, 0.4) is 0 Å². The number of aromatic amines is 1. The van der Waals surface area contributed by atoms with Gasteiger partial charge >= 0.3 is 17.1 Å². The molecule has 0 spiro atoms. The summed E-state index contributed by atoms with van der Waals surface area (Å²) in [5.41, 5.74) is -1.76. The number of aliphatic carboxylic acids is 1. The molecule has 2 aromatic heterocycles. The maximum Gasteiger partial charge on any atom is 0.352 e. The average molecular weight is 523 g/mol. The minimum Gasteiger partial charge on any atom is -0.477 e. The van der Waals surface area contributed by atoms with Crippen molar-refractivity contribution in [1.82, 2.24) is 25.0 Å². The molecule has 0 aromatic carbocycles. The number of oxime groups is 1. The van der Waals surface area contributed by atoms with Gasteiger partial charge in [0.05, 0.1) is 6.26 Å². The van der Waals surface area contributed by atoms with Crippen molar-refractivity contribution in [2.45, 2.75) is 16.6 Å². The number of carboxylic acid groups (broad SMARTS) is 1. The molecule has 1 saturated heterocycles. The van der Waals surface area contributed by atoms with Crippen molar-refractivity contribution in [3.8, 4) is 0 Å². The zero-order valence-corrected chi connectivity index (χ0v) is 19.8. The fourth-order valence-electron chi connectivity index (χ4n) is 3.45. The molecule has 4 rings (SSSR count). The Morgan fingerprint density at radius 3 is 2.86 bits per heavy atom. The smallest absolute Gasteiger partial charge is 0.352 e. The maximum atomic E-state index is 12.9. The molecule has 1 fully saturated rings. The van der Waals surface area contributed by atoms with Gasteiger partial charge in [0, 0.05) is 18.6 Å². The summed E-state index contributed by atoms with van der Waals surface area (Å²) in [7, 11) is 2.75. The molecule has 0 radical (unpaired) electrons. The second kappa shape index (κ2) is 9.83. The molecule has 2 aromatic rings. The molecular weight excluding hydrogens is 504 g/mol. The van der Waals surface area contributed by atoms with Crippen molar-refractivity contribution in [2.24, 2.45) is 12.2 Å². The molecule has 14 nitrogen and oxygen atoms in total. The summed E-state index contributed by atoms with van der Waals surface area (Å²) in [6, 6.07) is 2.09. The van der Waals surface area contributed by atoms with Crippen LogP contribution in [0.25, 0.3) is 0 Å². The number of nitrogens with zero attached hydrogens (tertiary/aromatic N) is 4.